The van der Waals surface area contributed by atoms with Gasteiger partial charge in [0.1, 0.15) is 110 Å². The fourth-order valence-electron chi connectivity index (χ4n) is 7.23. The molecule has 6 saturated heterocycles. The van der Waals surface area contributed by atoms with Gasteiger partial charge in [0.25, 0.3) is 0 Å². The molecular weight excluding hydrogens is 784 g/mol. The summed E-state index contributed by atoms with van der Waals surface area (Å²) < 4.78 is 61.6. The van der Waals surface area contributed by atoms with E-state index in [1.807, 2.05) is 0 Å². The third-order valence-corrected chi connectivity index (χ3v) is 10.8. The van der Waals surface area contributed by atoms with Gasteiger partial charge in [0.05, 0.1) is 38.6 Å². The zero-order valence-corrected chi connectivity index (χ0v) is 30.6. The number of hydrogen-bond acceptors (Lipinski definition) is 25. The van der Waals surface area contributed by atoms with E-state index >= 15 is 0 Å². The topological polar surface area (TPSA) is 385 Å². The van der Waals surface area contributed by atoms with Crippen LogP contribution in [0.1, 0.15) is 13.8 Å². The highest BCUT2D eigenvalue weighted by Gasteiger charge is 2.55. The van der Waals surface area contributed by atoms with Gasteiger partial charge in [0.15, 0.2) is 37.7 Å². The average molecular weight is 839 g/mol. The number of aliphatic hydroxyl groups is 14. The van der Waals surface area contributed by atoms with Crippen molar-refractivity contribution >= 4 is 0 Å². The molecule has 0 aromatic carbocycles. The zero-order valence-electron chi connectivity index (χ0n) is 30.6. The molecule has 25 nitrogen and oxygen atoms in total. The van der Waals surface area contributed by atoms with Crippen molar-refractivity contribution in [2.24, 2.45) is 0 Å². The highest BCUT2D eigenvalue weighted by Crippen LogP contribution is 2.35. The first kappa shape index (κ1) is 45.5. The molecule has 26 atom stereocenters. The molecule has 0 saturated carbocycles. The number of hydrogen-bond donors (Lipinski definition) is 14. The van der Waals surface area contributed by atoms with Crippen LogP contribution in [-0.2, 0) is 52.1 Å². The van der Waals surface area contributed by atoms with Crippen molar-refractivity contribution in [2.45, 2.75) is 174 Å². The Morgan fingerprint density at radius 3 is 1.37 bits per heavy atom. The van der Waals surface area contributed by atoms with Crippen LogP contribution in [0, 0.1) is 0 Å². The van der Waals surface area contributed by atoms with Crippen molar-refractivity contribution in [3.8, 4) is 0 Å². The second kappa shape index (κ2) is 18.9. The van der Waals surface area contributed by atoms with E-state index in [1.54, 1.807) is 0 Å². The highest BCUT2D eigenvalue weighted by molar-refractivity contribution is 4.96. The number of ether oxygens (including phenoxy) is 11. The summed E-state index contributed by atoms with van der Waals surface area (Å²) in [6, 6.07) is 0. The molecule has 0 aromatic rings. The molecule has 0 aliphatic carbocycles. The largest absolute Gasteiger partial charge is 0.388 e. The molecule has 0 aromatic heterocycles. The average Bonchev–Trinajstić information content (AvgIpc) is 3.18. The molecule has 25 heteroatoms. The summed E-state index contributed by atoms with van der Waals surface area (Å²) >= 11 is 0. The Morgan fingerprint density at radius 2 is 0.754 bits per heavy atom. The predicted molar refractivity (Wildman–Crippen MR) is 172 cm³/mol. The Morgan fingerprint density at radius 1 is 0.333 bits per heavy atom. The minimum atomic E-state index is -1.97. The van der Waals surface area contributed by atoms with Crippen molar-refractivity contribution < 1.29 is 124 Å². The summed E-state index contributed by atoms with van der Waals surface area (Å²) in [5.74, 6) is 0. The highest BCUT2D eigenvalue weighted by atomic mass is 16.8. The lowest BCUT2D eigenvalue weighted by Gasteiger charge is -2.48. The van der Waals surface area contributed by atoms with Crippen LogP contribution in [0.3, 0.4) is 0 Å². The van der Waals surface area contributed by atoms with E-state index in [1.165, 1.54) is 13.8 Å². The second-order valence-electron chi connectivity index (χ2n) is 14.9. The summed E-state index contributed by atoms with van der Waals surface area (Å²) in [5, 5.41) is 148. The van der Waals surface area contributed by atoms with Crippen LogP contribution in [0.5, 0.6) is 0 Å². The normalized spacial score (nSPS) is 55.4. The molecule has 0 unspecified atom stereocenters. The van der Waals surface area contributed by atoms with E-state index in [2.05, 4.69) is 0 Å². The van der Waals surface area contributed by atoms with E-state index < -0.39 is 186 Å². The zero-order chi connectivity index (χ0) is 41.6. The van der Waals surface area contributed by atoms with Gasteiger partial charge in [0, 0.05) is 0 Å². The molecule has 0 radical (unpaired) electrons. The van der Waals surface area contributed by atoms with Crippen LogP contribution >= 0.6 is 0 Å². The number of aliphatic hydroxyl groups excluding tert-OH is 14. The summed E-state index contributed by atoms with van der Waals surface area (Å²) in [5.41, 5.74) is 0. The lowest BCUT2D eigenvalue weighted by atomic mass is 9.97. The minimum absolute atomic E-state index is 0.454. The maximum absolute atomic E-state index is 11.6. The lowest BCUT2D eigenvalue weighted by Crippen LogP contribution is -2.66. The van der Waals surface area contributed by atoms with Crippen molar-refractivity contribution in [1.29, 1.82) is 0 Å². The molecule has 14 N–H and O–H groups in total. The Labute approximate surface area is 323 Å². The summed E-state index contributed by atoms with van der Waals surface area (Å²) in [4.78, 5) is 0. The summed E-state index contributed by atoms with van der Waals surface area (Å²) in [6.45, 7) is 0.748. The first-order chi connectivity index (χ1) is 26.9. The van der Waals surface area contributed by atoms with Crippen molar-refractivity contribution in [2.75, 3.05) is 26.4 Å². The van der Waals surface area contributed by atoms with E-state index in [0.29, 0.717) is 0 Å². The van der Waals surface area contributed by atoms with Gasteiger partial charge in [-0.25, -0.2) is 0 Å². The van der Waals surface area contributed by atoms with Gasteiger partial charge in [-0.3, -0.25) is 0 Å². The molecule has 0 spiro atoms. The van der Waals surface area contributed by atoms with Gasteiger partial charge < -0.3 is 124 Å². The Bertz CT molecular complexity index is 1270. The standard InChI is InChI=1S/C32H54O25/c1-7-13(36)17(40)20(43)31(51-7)54-23-11(35)5-47-27(46)26(23)57-32-22(45)25(14(37)8(2)52-32)56-30-21(44)24(55-29-19(42)16(39)10(34)4-49-29)12(6-50-30)53-28-18(41)15(38)9(33)3-48-28/h7-46H,3-6H2,1-2H3/t7-,8-,9+,10+,11+,12+,13-,14-,15-,16-,17+,18+,19+,20+,21+,22+,23-,24-,25+,26+,27+,28-,29-,30-,31-,32-/m0/s1. The molecule has 0 amide bonds. The Hall–Kier alpha value is -1.00. The van der Waals surface area contributed by atoms with Gasteiger partial charge in [-0.15, -0.1) is 0 Å². The first-order valence-electron chi connectivity index (χ1n) is 18.5. The first-order valence-corrected chi connectivity index (χ1v) is 18.5. The smallest absolute Gasteiger partial charge is 0.187 e. The van der Waals surface area contributed by atoms with Crippen LogP contribution in [0.25, 0.3) is 0 Å². The third-order valence-electron chi connectivity index (χ3n) is 10.8. The van der Waals surface area contributed by atoms with E-state index in [0.717, 1.165) is 0 Å². The molecular formula is C32H54O25. The molecule has 57 heavy (non-hydrogen) atoms. The molecule has 6 aliphatic heterocycles. The molecule has 6 fully saturated rings. The van der Waals surface area contributed by atoms with E-state index in [9.17, 15) is 71.5 Å². The van der Waals surface area contributed by atoms with E-state index in [4.69, 9.17) is 52.1 Å². The van der Waals surface area contributed by atoms with Crippen molar-refractivity contribution in [3.05, 3.63) is 0 Å². The minimum Gasteiger partial charge on any atom is -0.388 e. The fraction of sp³-hybridized carbons (Fsp3) is 1.00. The molecule has 0 bridgehead atoms. The third kappa shape index (κ3) is 9.58. The van der Waals surface area contributed by atoms with Gasteiger partial charge in [0.2, 0.25) is 0 Å². The Kier molecular flexibility index (Phi) is 15.1. The monoisotopic (exact) mass is 838 g/mol. The van der Waals surface area contributed by atoms with Crippen LogP contribution in [0.15, 0.2) is 0 Å². The summed E-state index contributed by atoms with van der Waals surface area (Å²) in [7, 11) is 0. The second-order valence-corrected chi connectivity index (χ2v) is 14.9. The van der Waals surface area contributed by atoms with Gasteiger partial charge in [-0.2, -0.15) is 0 Å². The molecule has 332 valence electrons. The molecule has 6 heterocycles. The van der Waals surface area contributed by atoms with Crippen LogP contribution in [-0.4, -0.2) is 258 Å². The fourth-order valence-corrected chi connectivity index (χ4v) is 7.23. The summed E-state index contributed by atoms with van der Waals surface area (Å²) in [6.07, 6.45) is -42.8. The maximum atomic E-state index is 11.6. The SMILES string of the molecule is C[C@@H]1O[C@@H](O[C@@H]2[C@@H](O[C@@H]3O[C@@H](C)[C@H](O)[C@@H](O[C@@H]4OC[C@@H](O[C@@H]5OC[C@@H](O)[C@H](O)[C@H]5O)[C@H](O[C@@H]5OC[C@@H](O)[C@H](O)[C@H]5O)[C@H]4O)[C@H]3O)[C@H](O)OC[C@H]2O)[C@H](O)[C@H](O)[C@H]1O. The molecule has 6 aliphatic rings. The quantitative estimate of drug-likeness (QED) is 0.0971. The van der Waals surface area contributed by atoms with Crippen molar-refractivity contribution in [3.63, 3.8) is 0 Å². The molecule has 6 rings (SSSR count). The van der Waals surface area contributed by atoms with Gasteiger partial charge >= 0.3 is 0 Å². The lowest BCUT2D eigenvalue weighted by molar-refractivity contribution is -0.392. The predicted octanol–water partition coefficient (Wildman–Crippen LogP) is -9.49. The van der Waals surface area contributed by atoms with Crippen LogP contribution in [0.2, 0.25) is 0 Å². The number of rotatable bonds is 10. The van der Waals surface area contributed by atoms with Crippen LogP contribution in [0.4, 0.5) is 0 Å². The maximum Gasteiger partial charge on any atom is 0.187 e. The van der Waals surface area contributed by atoms with Gasteiger partial charge in [-0.05, 0) is 13.8 Å². The Balaban J connectivity index is 1.17. The van der Waals surface area contributed by atoms with Gasteiger partial charge in [-0.1, -0.05) is 0 Å². The van der Waals surface area contributed by atoms with E-state index in [-0.39, 0.29) is 0 Å². The van der Waals surface area contributed by atoms with Crippen LogP contribution < -0.4 is 0 Å². The van der Waals surface area contributed by atoms with Crippen molar-refractivity contribution in [1.82, 2.24) is 0 Å².